The maximum Gasteiger partial charge on any atom is 0.139 e. The van der Waals surface area contributed by atoms with Crippen molar-refractivity contribution in [3.05, 3.63) is 45.9 Å². The van der Waals surface area contributed by atoms with Crippen molar-refractivity contribution in [1.82, 2.24) is 15.5 Å². The van der Waals surface area contributed by atoms with E-state index in [4.69, 9.17) is 0 Å². The van der Waals surface area contributed by atoms with Gasteiger partial charge in [0.1, 0.15) is 10.0 Å². The molecule has 0 saturated heterocycles. The van der Waals surface area contributed by atoms with E-state index < -0.39 is 0 Å². The monoisotopic (exact) mass is 247 g/mol. The van der Waals surface area contributed by atoms with Crippen molar-refractivity contribution >= 4 is 11.3 Å². The molecule has 0 bridgehead atoms. The van der Waals surface area contributed by atoms with Crippen LogP contribution in [0.15, 0.2) is 30.3 Å². The Labute approximate surface area is 106 Å². The molecule has 0 saturated carbocycles. The largest absolute Gasteiger partial charge is 0.304 e. The number of rotatable bonds is 5. The molecule has 1 heterocycles. The van der Waals surface area contributed by atoms with E-state index in [9.17, 15) is 0 Å². The van der Waals surface area contributed by atoms with E-state index in [0.29, 0.717) is 0 Å². The summed E-state index contributed by atoms with van der Waals surface area (Å²) in [6.07, 6.45) is 0.950. The molecule has 2 aromatic rings. The third-order valence-electron chi connectivity index (χ3n) is 2.57. The van der Waals surface area contributed by atoms with E-state index in [0.717, 1.165) is 23.0 Å². The second kappa shape index (κ2) is 5.89. The molecule has 17 heavy (non-hydrogen) atoms. The molecule has 0 amide bonds. The first-order valence-electron chi connectivity index (χ1n) is 5.95. The fourth-order valence-electron chi connectivity index (χ4n) is 1.72. The second-order valence-corrected chi connectivity index (χ2v) is 4.88. The molecule has 1 aromatic carbocycles. The van der Waals surface area contributed by atoms with Crippen LogP contribution in [0.2, 0.25) is 0 Å². The maximum absolute atomic E-state index is 4.29. The zero-order valence-corrected chi connectivity index (χ0v) is 11.0. The topological polar surface area (TPSA) is 37.8 Å². The first kappa shape index (κ1) is 12.2. The number of nitrogens with zero attached hydrogens (tertiary/aromatic N) is 2. The van der Waals surface area contributed by atoms with Crippen LogP contribution >= 0.6 is 11.3 Å². The molecule has 90 valence electrons. The van der Waals surface area contributed by atoms with Gasteiger partial charge in [0.15, 0.2) is 0 Å². The average Bonchev–Trinajstić information content (AvgIpc) is 2.85. The number of nitrogens with one attached hydrogen (secondary N) is 1. The Balaban J connectivity index is 2.28. The van der Waals surface area contributed by atoms with Gasteiger partial charge in [-0.25, -0.2) is 0 Å². The molecule has 0 spiro atoms. The zero-order chi connectivity index (χ0) is 12.1. The van der Waals surface area contributed by atoms with E-state index in [1.54, 1.807) is 11.3 Å². The minimum Gasteiger partial charge on any atom is -0.304 e. The quantitative estimate of drug-likeness (QED) is 0.883. The summed E-state index contributed by atoms with van der Waals surface area (Å²) in [4.78, 5) is 0. The van der Waals surface area contributed by atoms with Gasteiger partial charge in [0, 0.05) is 0 Å². The van der Waals surface area contributed by atoms with Crippen LogP contribution in [0.25, 0.3) is 0 Å². The number of aryl methyl sites for hydroxylation is 1. The molecule has 2 rings (SSSR count). The van der Waals surface area contributed by atoms with Gasteiger partial charge in [0.25, 0.3) is 0 Å². The highest BCUT2D eigenvalue weighted by Crippen LogP contribution is 2.24. The van der Waals surface area contributed by atoms with Gasteiger partial charge in [-0.05, 0) is 18.5 Å². The normalized spacial score (nSPS) is 12.6. The standard InChI is InChI=1S/C13H17N3S/c1-3-11-15-16-13(17-11)12(14-4-2)10-8-6-5-7-9-10/h5-9,12,14H,3-4H2,1-2H3. The molecule has 1 atom stereocenters. The fraction of sp³-hybridized carbons (Fsp3) is 0.385. The molecule has 4 heteroatoms. The predicted octanol–water partition coefficient (Wildman–Crippen LogP) is 2.80. The highest BCUT2D eigenvalue weighted by atomic mass is 32.1. The third kappa shape index (κ3) is 2.90. The number of benzene rings is 1. The van der Waals surface area contributed by atoms with Crippen LogP contribution in [0.3, 0.4) is 0 Å². The SMILES string of the molecule is CCNC(c1ccccc1)c1nnc(CC)s1. The van der Waals surface area contributed by atoms with Crippen molar-refractivity contribution in [3.8, 4) is 0 Å². The Hall–Kier alpha value is -1.26. The number of aromatic nitrogens is 2. The zero-order valence-electron chi connectivity index (χ0n) is 10.2. The van der Waals surface area contributed by atoms with Crippen LogP contribution in [-0.2, 0) is 6.42 Å². The molecule has 0 fully saturated rings. The van der Waals surface area contributed by atoms with Gasteiger partial charge in [-0.3, -0.25) is 0 Å². The lowest BCUT2D eigenvalue weighted by atomic mass is 10.1. The van der Waals surface area contributed by atoms with Gasteiger partial charge < -0.3 is 5.32 Å². The molecular formula is C13H17N3S. The summed E-state index contributed by atoms with van der Waals surface area (Å²) in [5.74, 6) is 0. The van der Waals surface area contributed by atoms with Gasteiger partial charge in [0.05, 0.1) is 6.04 Å². The summed E-state index contributed by atoms with van der Waals surface area (Å²) in [6, 6.07) is 10.6. The average molecular weight is 247 g/mol. The van der Waals surface area contributed by atoms with E-state index in [1.165, 1.54) is 5.56 Å². The fourth-order valence-corrected chi connectivity index (χ4v) is 2.61. The summed E-state index contributed by atoms with van der Waals surface area (Å²) < 4.78 is 0. The first-order valence-corrected chi connectivity index (χ1v) is 6.77. The molecule has 0 radical (unpaired) electrons. The lowest BCUT2D eigenvalue weighted by molar-refractivity contribution is 0.621. The maximum atomic E-state index is 4.29. The van der Waals surface area contributed by atoms with Crippen LogP contribution < -0.4 is 5.32 Å². The van der Waals surface area contributed by atoms with Crippen molar-refractivity contribution in [2.45, 2.75) is 26.3 Å². The molecule has 0 aliphatic rings. The van der Waals surface area contributed by atoms with Gasteiger partial charge in [0.2, 0.25) is 0 Å². The van der Waals surface area contributed by atoms with Gasteiger partial charge in [-0.2, -0.15) is 0 Å². The van der Waals surface area contributed by atoms with Crippen LogP contribution in [0.5, 0.6) is 0 Å². The van der Waals surface area contributed by atoms with Crippen molar-refractivity contribution < 1.29 is 0 Å². The lowest BCUT2D eigenvalue weighted by Crippen LogP contribution is -2.21. The Bertz CT molecular complexity index is 453. The Morgan fingerprint density at radius 3 is 2.53 bits per heavy atom. The first-order chi connectivity index (χ1) is 8.35. The summed E-state index contributed by atoms with van der Waals surface area (Å²) in [5.41, 5.74) is 1.24. The van der Waals surface area contributed by atoms with Crippen LogP contribution in [-0.4, -0.2) is 16.7 Å². The van der Waals surface area contributed by atoms with E-state index in [1.807, 2.05) is 6.07 Å². The minimum atomic E-state index is 0.166. The minimum absolute atomic E-state index is 0.166. The van der Waals surface area contributed by atoms with Gasteiger partial charge in [-0.1, -0.05) is 55.5 Å². The van der Waals surface area contributed by atoms with Crippen LogP contribution in [0, 0.1) is 0 Å². The molecular weight excluding hydrogens is 230 g/mol. The van der Waals surface area contributed by atoms with Crippen LogP contribution in [0.1, 0.15) is 35.5 Å². The Morgan fingerprint density at radius 2 is 1.94 bits per heavy atom. The van der Waals surface area contributed by atoms with Gasteiger partial charge in [-0.15, -0.1) is 10.2 Å². The third-order valence-corrected chi connectivity index (χ3v) is 3.71. The smallest absolute Gasteiger partial charge is 0.139 e. The summed E-state index contributed by atoms with van der Waals surface area (Å²) >= 11 is 1.69. The lowest BCUT2D eigenvalue weighted by Gasteiger charge is -2.14. The second-order valence-electron chi connectivity index (χ2n) is 3.79. The van der Waals surface area contributed by atoms with Crippen LogP contribution in [0.4, 0.5) is 0 Å². The number of hydrogen-bond acceptors (Lipinski definition) is 4. The van der Waals surface area contributed by atoms with E-state index in [-0.39, 0.29) is 6.04 Å². The molecule has 0 aliphatic heterocycles. The highest BCUT2D eigenvalue weighted by Gasteiger charge is 2.17. The molecule has 1 aromatic heterocycles. The summed E-state index contributed by atoms with van der Waals surface area (Å²) in [5, 5.41) is 14.1. The van der Waals surface area contributed by atoms with Crippen molar-refractivity contribution in [3.63, 3.8) is 0 Å². The van der Waals surface area contributed by atoms with Crippen molar-refractivity contribution in [2.75, 3.05) is 6.54 Å². The highest BCUT2D eigenvalue weighted by molar-refractivity contribution is 7.11. The predicted molar refractivity (Wildman–Crippen MR) is 71.2 cm³/mol. The van der Waals surface area contributed by atoms with E-state index in [2.05, 4.69) is 53.6 Å². The molecule has 1 N–H and O–H groups in total. The molecule has 0 aliphatic carbocycles. The van der Waals surface area contributed by atoms with Crippen molar-refractivity contribution in [2.24, 2.45) is 0 Å². The van der Waals surface area contributed by atoms with Crippen molar-refractivity contribution in [1.29, 1.82) is 0 Å². The van der Waals surface area contributed by atoms with E-state index >= 15 is 0 Å². The Kier molecular flexibility index (Phi) is 4.23. The summed E-state index contributed by atoms with van der Waals surface area (Å²) in [6.45, 7) is 5.13. The van der Waals surface area contributed by atoms with Gasteiger partial charge >= 0.3 is 0 Å². The molecule has 1 unspecified atom stereocenters. The Morgan fingerprint density at radius 1 is 1.18 bits per heavy atom. The number of hydrogen-bond donors (Lipinski definition) is 1. The molecule has 3 nitrogen and oxygen atoms in total. The summed E-state index contributed by atoms with van der Waals surface area (Å²) in [7, 11) is 0.